The highest BCUT2D eigenvalue weighted by Gasteiger charge is 2.41. The largest absolute Gasteiger partial charge is 0.446 e. The fourth-order valence-corrected chi connectivity index (χ4v) is 3.46. The minimum Gasteiger partial charge on any atom is -0.446 e. The van der Waals surface area contributed by atoms with Crippen molar-refractivity contribution >= 4 is 11.8 Å². The van der Waals surface area contributed by atoms with Crippen LogP contribution in [0, 0.1) is 5.92 Å². The highest BCUT2D eigenvalue weighted by Crippen LogP contribution is 2.37. The highest BCUT2D eigenvalue weighted by molar-refractivity contribution is 5.92. The topological polar surface area (TPSA) is 112 Å². The second kappa shape index (κ2) is 8.98. The van der Waals surface area contributed by atoms with Crippen molar-refractivity contribution in [1.82, 2.24) is 25.0 Å². The first-order valence-electron chi connectivity index (χ1n) is 9.02. The molecular weight excluding hydrogens is 366 g/mol. The van der Waals surface area contributed by atoms with Crippen molar-refractivity contribution in [3.63, 3.8) is 0 Å². The van der Waals surface area contributed by atoms with Gasteiger partial charge in [-0.2, -0.15) is 5.10 Å². The Morgan fingerprint density at radius 1 is 1.39 bits per heavy atom. The van der Waals surface area contributed by atoms with Gasteiger partial charge in [0, 0.05) is 58.5 Å². The molecule has 10 heteroatoms. The number of hydrogen-bond donors (Lipinski definition) is 1. The van der Waals surface area contributed by atoms with Crippen LogP contribution in [-0.2, 0) is 27.9 Å². The number of nitrogens with one attached hydrogen (secondary N) is 1. The predicted octanol–water partition coefficient (Wildman–Crippen LogP) is 0.521. The first-order valence-corrected chi connectivity index (χ1v) is 9.02. The molecule has 10 nitrogen and oxygen atoms in total. The van der Waals surface area contributed by atoms with E-state index in [9.17, 15) is 9.59 Å². The van der Waals surface area contributed by atoms with Gasteiger partial charge in [-0.15, -0.1) is 0 Å². The normalized spacial score (nSPS) is 19.4. The monoisotopic (exact) mass is 391 g/mol. The third-order valence-corrected chi connectivity index (χ3v) is 4.72. The van der Waals surface area contributed by atoms with E-state index in [1.54, 1.807) is 22.9 Å². The van der Waals surface area contributed by atoms with Gasteiger partial charge in [-0.05, 0) is 0 Å². The molecule has 1 aliphatic heterocycles. The van der Waals surface area contributed by atoms with E-state index >= 15 is 0 Å². The van der Waals surface area contributed by atoms with E-state index in [0.29, 0.717) is 32.0 Å². The second-order valence-electron chi connectivity index (χ2n) is 6.71. The lowest BCUT2D eigenvalue weighted by molar-refractivity contribution is -0.129. The Labute approximate surface area is 162 Å². The molecule has 1 aliphatic rings. The fraction of sp³-hybridized carbons (Fsp3) is 0.556. The van der Waals surface area contributed by atoms with Crippen molar-refractivity contribution in [3.8, 4) is 0 Å². The lowest BCUT2D eigenvalue weighted by atomic mass is 9.95. The summed E-state index contributed by atoms with van der Waals surface area (Å²) in [5.74, 6) is -0.0571. The number of aryl methyl sites for hydroxylation is 1. The molecule has 2 atom stereocenters. The molecule has 2 aromatic rings. The maximum absolute atomic E-state index is 12.6. The van der Waals surface area contributed by atoms with Crippen LogP contribution in [0.2, 0.25) is 0 Å². The maximum atomic E-state index is 12.6. The van der Waals surface area contributed by atoms with Gasteiger partial charge >= 0.3 is 0 Å². The number of carbonyl (C=O) groups is 2. The van der Waals surface area contributed by atoms with E-state index in [-0.39, 0.29) is 36.1 Å². The Morgan fingerprint density at radius 3 is 2.89 bits per heavy atom. The van der Waals surface area contributed by atoms with Crippen molar-refractivity contribution < 1.29 is 23.5 Å². The Bertz CT molecular complexity index is 817. The van der Waals surface area contributed by atoms with Gasteiger partial charge < -0.3 is 24.1 Å². The fourth-order valence-electron chi connectivity index (χ4n) is 3.46. The average molecular weight is 391 g/mol. The minimum absolute atomic E-state index is 0.0361. The zero-order chi connectivity index (χ0) is 20.1. The molecule has 0 aromatic carbocycles. The molecule has 0 saturated carbocycles. The Balaban J connectivity index is 1.69. The minimum atomic E-state index is -0.348. The first kappa shape index (κ1) is 20.0. The van der Waals surface area contributed by atoms with Crippen LogP contribution in [0.1, 0.15) is 34.4 Å². The zero-order valence-corrected chi connectivity index (χ0v) is 16.3. The lowest BCUT2D eigenvalue weighted by Crippen LogP contribution is -2.35. The highest BCUT2D eigenvalue weighted by atomic mass is 16.5. The van der Waals surface area contributed by atoms with Crippen LogP contribution in [0.3, 0.4) is 0 Å². The molecule has 3 heterocycles. The van der Waals surface area contributed by atoms with E-state index < -0.39 is 0 Å². The third kappa shape index (κ3) is 4.39. The van der Waals surface area contributed by atoms with E-state index in [1.165, 1.54) is 13.4 Å². The van der Waals surface area contributed by atoms with Gasteiger partial charge in [0.05, 0.1) is 18.8 Å². The molecule has 3 rings (SSSR count). The number of oxazole rings is 1. The van der Waals surface area contributed by atoms with Crippen LogP contribution in [0.5, 0.6) is 0 Å². The standard InChI is InChI=1S/C18H25N5O5/c1-22-9-13(8-20-22)17-12(6-16(24)23(17)4-5-26-2)7-19-18(25)14-10-28-15(21-14)11-27-3/h8-10,12,17H,4-7,11H2,1-3H3,(H,19,25)/t12-,17+/m1/s1. The van der Waals surface area contributed by atoms with Crippen LogP contribution in [0.25, 0.3) is 0 Å². The Kier molecular flexibility index (Phi) is 6.42. The van der Waals surface area contributed by atoms with Crippen LogP contribution in [0.15, 0.2) is 23.1 Å². The molecule has 0 bridgehead atoms. The summed E-state index contributed by atoms with van der Waals surface area (Å²) in [5.41, 5.74) is 1.12. The Morgan fingerprint density at radius 2 is 2.21 bits per heavy atom. The van der Waals surface area contributed by atoms with Crippen LogP contribution in [-0.4, -0.2) is 65.4 Å². The van der Waals surface area contributed by atoms with Gasteiger partial charge in [0.2, 0.25) is 11.8 Å². The molecule has 0 radical (unpaired) electrons. The summed E-state index contributed by atoms with van der Waals surface area (Å²) in [6.07, 6.45) is 5.30. The van der Waals surface area contributed by atoms with Crippen molar-refractivity contribution in [2.75, 3.05) is 33.9 Å². The van der Waals surface area contributed by atoms with Gasteiger partial charge in [-0.25, -0.2) is 4.98 Å². The summed E-state index contributed by atoms with van der Waals surface area (Å²) in [4.78, 5) is 30.8. The van der Waals surface area contributed by atoms with Gasteiger partial charge in [0.15, 0.2) is 5.69 Å². The number of ether oxygens (including phenoxy) is 2. The number of carbonyl (C=O) groups excluding carboxylic acids is 2. The molecular formula is C18H25N5O5. The predicted molar refractivity (Wildman–Crippen MR) is 97.2 cm³/mol. The SMILES string of the molecule is COCCN1C(=O)C[C@H](CNC(=O)c2coc(COC)n2)[C@H]1c1cnn(C)c1. The molecule has 0 unspecified atom stereocenters. The van der Waals surface area contributed by atoms with Crippen LogP contribution < -0.4 is 5.32 Å². The van der Waals surface area contributed by atoms with Gasteiger partial charge in [-0.1, -0.05) is 0 Å². The summed E-state index contributed by atoms with van der Waals surface area (Å²) in [6, 6.07) is -0.169. The summed E-state index contributed by atoms with van der Waals surface area (Å²) in [5, 5.41) is 7.08. The maximum Gasteiger partial charge on any atom is 0.273 e. The van der Waals surface area contributed by atoms with Crippen LogP contribution >= 0.6 is 0 Å². The molecule has 1 N–H and O–H groups in total. The number of aromatic nitrogens is 3. The number of methoxy groups -OCH3 is 2. The quantitative estimate of drug-likeness (QED) is 0.663. The molecule has 152 valence electrons. The number of likely N-dealkylation sites (tertiary alicyclic amines) is 1. The molecule has 1 fully saturated rings. The smallest absolute Gasteiger partial charge is 0.273 e. The van der Waals surface area contributed by atoms with Gasteiger partial charge in [0.1, 0.15) is 12.9 Å². The number of amides is 2. The molecule has 2 aromatic heterocycles. The van der Waals surface area contributed by atoms with Gasteiger partial charge in [0.25, 0.3) is 5.91 Å². The summed E-state index contributed by atoms with van der Waals surface area (Å²) >= 11 is 0. The van der Waals surface area contributed by atoms with Crippen molar-refractivity contribution in [2.45, 2.75) is 19.1 Å². The van der Waals surface area contributed by atoms with Crippen LogP contribution in [0.4, 0.5) is 0 Å². The second-order valence-corrected chi connectivity index (χ2v) is 6.71. The number of nitrogens with zero attached hydrogens (tertiary/aromatic N) is 4. The summed E-state index contributed by atoms with van der Waals surface area (Å²) in [7, 11) is 4.96. The molecule has 0 aliphatic carbocycles. The molecule has 1 saturated heterocycles. The first-order chi connectivity index (χ1) is 13.5. The van der Waals surface area contributed by atoms with Crippen molar-refractivity contribution in [2.24, 2.45) is 13.0 Å². The average Bonchev–Trinajstić information content (AvgIpc) is 3.37. The summed E-state index contributed by atoms with van der Waals surface area (Å²) < 4.78 is 17.0. The molecule has 28 heavy (non-hydrogen) atoms. The lowest BCUT2D eigenvalue weighted by Gasteiger charge is -2.27. The van der Waals surface area contributed by atoms with Gasteiger partial charge in [-0.3, -0.25) is 14.3 Å². The Hall–Kier alpha value is -2.72. The van der Waals surface area contributed by atoms with E-state index in [1.807, 2.05) is 13.2 Å². The summed E-state index contributed by atoms with van der Waals surface area (Å²) in [6.45, 7) is 1.47. The van der Waals surface area contributed by atoms with Crippen molar-refractivity contribution in [3.05, 3.63) is 35.8 Å². The van der Waals surface area contributed by atoms with E-state index in [2.05, 4.69) is 15.4 Å². The molecule has 0 spiro atoms. The third-order valence-electron chi connectivity index (χ3n) is 4.72. The van der Waals surface area contributed by atoms with E-state index in [0.717, 1.165) is 5.56 Å². The zero-order valence-electron chi connectivity index (χ0n) is 16.3. The number of hydrogen-bond acceptors (Lipinski definition) is 7. The van der Waals surface area contributed by atoms with E-state index in [4.69, 9.17) is 13.9 Å². The molecule has 2 amide bonds. The van der Waals surface area contributed by atoms with Crippen molar-refractivity contribution in [1.29, 1.82) is 0 Å². The number of rotatable bonds is 9.